The van der Waals surface area contributed by atoms with Gasteiger partial charge in [0.2, 0.25) is 0 Å². The molecule has 1 N–H and O–H groups in total. The Kier molecular flexibility index (Phi) is 2.89. The third-order valence-corrected chi connectivity index (χ3v) is 1.37. The van der Waals surface area contributed by atoms with Gasteiger partial charge in [0.25, 0.3) is 0 Å². The Hall–Kier alpha value is -2.00. The van der Waals surface area contributed by atoms with Crippen molar-refractivity contribution in [2.24, 2.45) is 0 Å². The summed E-state index contributed by atoms with van der Waals surface area (Å²) in [5.41, 5.74) is 0.107. The van der Waals surface area contributed by atoms with E-state index in [4.69, 9.17) is 10.4 Å². The molecular formula is C10H6FNO. The molecule has 1 aromatic rings. The molecule has 0 spiro atoms. The summed E-state index contributed by atoms with van der Waals surface area (Å²) in [6.07, 6.45) is 0.0507. The lowest BCUT2D eigenvalue weighted by Crippen LogP contribution is -1.82. The van der Waals surface area contributed by atoms with E-state index in [0.717, 1.165) is 0 Å². The summed E-state index contributed by atoms with van der Waals surface area (Å²) in [6.45, 7) is 0. The molecule has 0 aliphatic heterocycles. The predicted molar refractivity (Wildman–Crippen MR) is 45.2 cm³/mol. The van der Waals surface area contributed by atoms with E-state index in [1.807, 2.05) is 6.07 Å². The molecular weight excluding hydrogens is 169 g/mol. The van der Waals surface area contributed by atoms with E-state index in [0.29, 0.717) is 0 Å². The molecule has 0 saturated carbocycles. The van der Waals surface area contributed by atoms with Crippen LogP contribution in [0.5, 0.6) is 5.75 Å². The van der Waals surface area contributed by atoms with Crippen LogP contribution in [0.3, 0.4) is 0 Å². The lowest BCUT2D eigenvalue weighted by molar-refractivity contribution is 0.431. The van der Waals surface area contributed by atoms with Gasteiger partial charge in [-0.15, -0.1) is 0 Å². The van der Waals surface area contributed by atoms with Crippen molar-refractivity contribution in [2.45, 2.75) is 6.42 Å². The van der Waals surface area contributed by atoms with Crippen molar-refractivity contribution in [3.8, 4) is 23.7 Å². The molecule has 2 nitrogen and oxygen atoms in total. The number of hydrogen-bond acceptors (Lipinski definition) is 2. The van der Waals surface area contributed by atoms with Gasteiger partial charge in [0, 0.05) is 0 Å². The van der Waals surface area contributed by atoms with Crippen molar-refractivity contribution < 1.29 is 9.50 Å². The highest BCUT2D eigenvalue weighted by Gasteiger charge is 2.02. The highest BCUT2D eigenvalue weighted by molar-refractivity contribution is 5.41. The summed E-state index contributed by atoms with van der Waals surface area (Å²) in [6, 6.07) is 5.99. The molecule has 0 atom stereocenters. The second-order valence-electron chi connectivity index (χ2n) is 2.28. The largest absolute Gasteiger partial charge is 0.505 e. The van der Waals surface area contributed by atoms with Crippen molar-refractivity contribution in [2.75, 3.05) is 0 Å². The van der Waals surface area contributed by atoms with E-state index in [9.17, 15) is 4.39 Å². The third-order valence-electron chi connectivity index (χ3n) is 1.37. The van der Waals surface area contributed by atoms with Crippen LogP contribution in [-0.4, -0.2) is 5.11 Å². The number of rotatable bonds is 0. The molecule has 0 aliphatic carbocycles. The average Bonchev–Trinajstić information content (AvgIpc) is 2.13. The molecule has 1 rings (SSSR count). The fraction of sp³-hybridized carbons (Fsp3) is 0.100. The van der Waals surface area contributed by atoms with Gasteiger partial charge in [0.1, 0.15) is 0 Å². The number of phenolic OH excluding ortho intramolecular Hbond substituents is 1. The lowest BCUT2D eigenvalue weighted by atomic mass is 10.2. The highest BCUT2D eigenvalue weighted by atomic mass is 19.1. The Morgan fingerprint density at radius 1 is 1.46 bits per heavy atom. The van der Waals surface area contributed by atoms with Crippen molar-refractivity contribution >= 4 is 0 Å². The van der Waals surface area contributed by atoms with Crippen LogP contribution in [0.15, 0.2) is 18.2 Å². The minimum absolute atomic E-state index is 0.0507. The summed E-state index contributed by atoms with van der Waals surface area (Å²) in [5.74, 6) is 3.73. The fourth-order valence-corrected chi connectivity index (χ4v) is 0.795. The normalized spacial score (nSPS) is 8.31. The zero-order valence-corrected chi connectivity index (χ0v) is 6.71. The molecule has 0 aliphatic rings. The van der Waals surface area contributed by atoms with Crippen molar-refractivity contribution in [1.29, 1.82) is 5.26 Å². The minimum Gasteiger partial charge on any atom is -0.505 e. The number of nitrogens with zero attached hydrogens (tertiary/aromatic N) is 1. The van der Waals surface area contributed by atoms with Gasteiger partial charge in [-0.05, 0) is 12.1 Å². The fourth-order valence-electron chi connectivity index (χ4n) is 0.795. The van der Waals surface area contributed by atoms with Gasteiger partial charge >= 0.3 is 0 Å². The van der Waals surface area contributed by atoms with Crippen LogP contribution in [-0.2, 0) is 0 Å². The Labute approximate surface area is 75.2 Å². The number of hydrogen-bond donors (Lipinski definition) is 1. The summed E-state index contributed by atoms with van der Waals surface area (Å²) in [4.78, 5) is 0. The first-order valence-electron chi connectivity index (χ1n) is 3.59. The average molecular weight is 175 g/mol. The quantitative estimate of drug-likeness (QED) is 0.611. The Balaban J connectivity index is 2.99. The summed E-state index contributed by atoms with van der Waals surface area (Å²) in [7, 11) is 0. The number of nitriles is 1. The van der Waals surface area contributed by atoms with Gasteiger partial charge < -0.3 is 5.11 Å². The van der Waals surface area contributed by atoms with Crippen molar-refractivity contribution in [1.82, 2.24) is 0 Å². The molecule has 0 amide bonds. The van der Waals surface area contributed by atoms with E-state index < -0.39 is 11.6 Å². The Morgan fingerprint density at radius 2 is 2.23 bits per heavy atom. The SMILES string of the molecule is N#CCC#Cc1cccc(O)c1F. The molecule has 1 aromatic carbocycles. The standard InChI is InChI=1S/C10H6FNO/c11-10-8(4-1-2-7-12)5-3-6-9(10)13/h3,5-6,13H,2H2. The monoisotopic (exact) mass is 175 g/mol. The lowest BCUT2D eigenvalue weighted by Gasteiger charge is -1.95. The van der Waals surface area contributed by atoms with E-state index in [1.54, 1.807) is 0 Å². The summed E-state index contributed by atoms with van der Waals surface area (Å²) < 4.78 is 13.0. The van der Waals surface area contributed by atoms with E-state index in [2.05, 4.69) is 11.8 Å². The summed E-state index contributed by atoms with van der Waals surface area (Å²) >= 11 is 0. The summed E-state index contributed by atoms with van der Waals surface area (Å²) in [5, 5.41) is 17.1. The van der Waals surface area contributed by atoms with Gasteiger partial charge in [-0.2, -0.15) is 5.26 Å². The van der Waals surface area contributed by atoms with Gasteiger partial charge in [-0.25, -0.2) is 4.39 Å². The first kappa shape index (κ1) is 9.09. The number of benzene rings is 1. The zero-order valence-electron chi connectivity index (χ0n) is 6.71. The van der Waals surface area contributed by atoms with E-state index in [1.165, 1.54) is 18.2 Å². The van der Waals surface area contributed by atoms with Crippen LogP contribution >= 0.6 is 0 Å². The van der Waals surface area contributed by atoms with Crippen molar-refractivity contribution in [3.05, 3.63) is 29.6 Å². The third kappa shape index (κ3) is 2.21. The van der Waals surface area contributed by atoms with Crippen LogP contribution in [0.25, 0.3) is 0 Å². The van der Waals surface area contributed by atoms with Crippen LogP contribution in [0.2, 0.25) is 0 Å². The second-order valence-corrected chi connectivity index (χ2v) is 2.28. The first-order chi connectivity index (χ1) is 6.25. The molecule has 0 saturated heterocycles. The Morgan fingerprint density at radius 3 is 2.92 bits per heavy atom. The highest BCUT2D eigenvalue weighted by Crippen LogP contribution is 2.17. The van der Waals surface area contributed by atoms with Gasteiger partial charge in [0.05, 0.1) is 18.1 Å². The van der Waals surface area contributed by atoms with Crippen LogP contribution in [0.1, 0.15) is 12.0 Å². The topological polar surface area (TPSA) is 44.0 Å². The van der Waals surface area contributed by atoms with Crippen LogP contribution in [0.4, 0.5) is 4.39 Å². The number of aromatic hydroxyl groups is 1. The number of halogens is 1. The molecule has 0 radical (unpaired) electrons. The molecule has 0 aromatic heterocycles. The maximum absolute atomic E-state index is 13.0. The molecule has 0 bridgehead atoms. The minimum atomic E-state index is -0.743. The second kappa shape index (κ2) is 4.13. The van der Waals surface area contributed by atoms with E-state index in [-0.39, 0.29) is 12.0 Å². The van der Waals surface area contributed by atoms with Crippen LogP contribution < -0.4 is 0 Å². The zero-order chi connectivity index (χ0) is 9.68. The van der Waals surface area contributed by atoms with E-state index >= 15 is 0 Å². The molecule has 0 fully saturated rings. The van der Waals surface area contributed by atoms with Crippen molar-refractivity contribution in [3.63, 3.8) is 0 Å². The van der Waals surface area contributed by atoms with Gasteiger partial charge in [-0.3, -0.25) is 0 Å². The number of phenols is 1. The molecule has 3 heteroatoms. The van der Waals surface area contributed by atoms with Crippen LogP contribution in [0, 0.1) is 29.0 Å². The predicted octanol–water partition coefficient (Wildman–Crippen LogP) is 1.80. The maximum Gasteiger partial charge on any atom is 0.180 e. The molecule has 64 valence electrons. The smallest absolute Gasteiger partial charge is 0.180 e. The van der Waals surface area contributed by atoms with Gasteiger partial charge in [-0.1, -0.05) is 17.9 Å². The van der Waals surface area contributed by atoms with Gasteiger partial charge in [0.15, 0.2) is 11.6 Å². The maximum atomic E-state index is 13.0. The molecule has 0 unspecified atom stereocenters. The Bertz CT molecular complexity index is 409. The first-order valence-corrected chi connectivity index (χ1v) is 3.59. The molecule has 13 heavy (non-hydrogen) atoms. The molecule has 0 heterocycles.